The van der Waals surface area contributed by atoms with Gasteiger partial charge in [0.05, 0.1) is 11.9 Å². The van der Waals surface area contributed by atoms with E-state index in [2.05, 4.69) is 20.5 Å². The average molecular weight is 525 g/mol. The molecule has 0 spiro atoms. The van der Waals surface area contributed by atoms with Gasteiger partial charge in [-0.3, -0.25) is 4.79 Å². The molecule has 0 aliphatic carbocycles. The van der Waals surface area contributed by atoms with E-state index in [0.29, 0.717) is 11.3 Å². The Bertz CT molecular complexity index is 1300. The van der Waals surface area contributed by atoms with Crippen LogP contribution in [0.1, 0.15) is 35.0 Å². The van der Waals surface area contributed by atoms with Crippen molar-refractivity contribution in [3.05, 3.63) is 53.0 Å². The Morgan fingerprint density at radius 1 is 1.14 bits per heavy atom. The van der Waals surface area contributed by atoms with E-state index < -0.39 is 18.5 Å². The summed E-state index contributed by atoms with van der Waals surface area (Å²) in [6.07, 6.45) is 3.48. The summed E-state index contributed by atoms with van der Waals surface area (Å²) in [6, 6.07) is 11.8. The molecule has 37 heavy (non-hydrogen) atoms. The van der Waals surface area contributed by atoms with Crippen molar-refractivity contribution in [1.82, 2.24) is 4.98 Å². The molecule has 1 amide bonds. The van der Waals surface area contributed by atoms with E-state index in [1.165, 1.54) is 6.92 Å². The second kappa shape index (κ2) is 11.3. The largest absolute Gasteiger partial charge is 0.480 e. The second-order valence-electron chi connectivity index (χ2n) is 8.77. The van der Waals surface area contributed by atoms with E-state index in [0.717, 1.165) is 59.2 Å². The third-order valence-electron chi connectivity index (χ3n) is 6.01. The molecule has 3 aromatic rings. The summed E-state index contributed by atoms with van der Waals surface area (Å²) in [5.41, 5.74) is 3.03. The molecule has 4 N–H and O–H groups in total. The highest BCUT2D eigenvalue weighted by Gasteiger charge is 2.24. The molecule has 1 aliphatic rings. The minimum Gasteiger partial charge on any atom is -0.480 e. The standard InChI is InChI=1S/C26H28N4O6S/c1-15-23(36-14-22(32)33)25(26(34)35)37-24(15)17-4-3-5-19(12-17)29-18-8-10-30(11-9-18)21-7-6-20(13-27-21)28-16(2)31/h3-7,12-13,18,29H,8-11,14H2,1-2H3,(H,28,31)(H,32,33)(H,34,35). The zero-order chi connectivity index (χ0) is 26.5. The van der Waals surface area contributed by atoms with Gasteiger partial charge in [0.1, 0.15) is 11.6 Å². The van der Waals surface area contributed by atoms with Gasteiger partial charge in [0.25, 0.3) is 0 Å². The zero-order valence-corrected chi connectivity index (χ0v) is 21.3. The quantitative estimate of drug-likeness (QED) is 0.322. The van der Waals surface area contributed by atoms with Crippen LogP contribution in [-0.2, 0) is 9.59 Å². The number of anilines is 3. The number of carbonyl (C=O) groups is 3. The van der Waals surface area contributed by atoms with Crippen molar-refractivity contribution in [2.75, 3.05) is 35.2 Å². The number of carboxylic acid groups (broad SMARTS) is 2. The predicted molar refractivity (Wildman–Crippen MR) is 142 cm³/mol. The number of piperidine rings is 1. The number of thiophene rings is 1. The number of nitrogens with zero attached hydrogens (tertiary/aromatic N) is 2. The summed E-state index contributed by atoms with van der Waals surface area (Å²) in [5, 5.41) is 24.8. The van der Waals surface area contributed by atoms with E-state index in [4.69, 9.17) is 9.84 Å². The Kier molecular flexibility index (Phi) is 7.92. The highest BCUT2D eigenvalue weighted by molar-refractivity contribution is 7.18. The molecule has 0 unspecified atom stereocenters. The molecule has 194 valence electrons. The summed E-state index contributed by atoms with van der Waals surface area (Å²) in [5.74, 6) is -1.48. The van der Waals surface area contributed by atoms with Crippen LogP contribution in [-0.4, -0.2) is 58.8 Å². The highest BCUT2D eigenvalue weighted by Crippen LogP contribution is 2.42. The number of amides is 1. The maximum atomic E-state index is 11.7. The van der Waals surface area contributed by atoms with Crippen molar-refractivity contribution >= 4 is 46.4 Å². The normalized spacial score (nSPS) is 13.7. The van der Waals surface area contributed by atoms with Gasteiger partial charge in [0, 0.05) is 42.2 Å². The van der Waals surface area contributed by atoms with Gasteiger partial charge in [0.15, 0.2) is 11.5 Å². The lowest BCUT2D eigenvalue weighted by Gasteiger charge is -2.33. The minimum absolute atomic E-state index is 0.0156. The highest BCUT2D eigenvalue weighted by atomic mass is 32.1. The summed E-state index contributed by atoms with van der Waals surface area (Å²) in [7, 11) is 0. The average Bonchev–Trinajstić information content (AvgIpc) is 3.20. The summed E-state index contributed by atoms with van der Waals surface area (Å²) < 4.78 is 5.30. The fraction of sp³-hybridized carbons (Fsp3) is 0.308. The van der Waals surface area contributed by atoms with Crippen LogP contribution >= 0.6 is 11.3 Å². The Morgan fingerprint density at radius 3 is 2.51 bits per heavy atom. The van der Waals surface area contributed by atoms with E-state index in [1.54, 1.807) is 13.1 Å². The molecule has 11 heteroatoms. The van der Waals surface area contributed by atoms with Crippen LogP contribution in [0.4, 0.5) is 17.2 Å². The van der Waals surface area contributed by atoms with Crippen molar-refractivity contribution in [1.29, 1.82) is 0 Å². The van der Waals surface area contributed by atoms with Gasteiger partial charge >= 0.3 is 11.9 Å². The Balaban J connectivity index is 1.42. The number of aliphatic carboxylic acids is 1. The van der Waals surface area contributed by atoms with E-state index in [-0.39, 0.29) is 22.6 Å². The lowest BCUT2D eigenvalue weighted by Crippen LogP contribution is -2.39. The number of rotatable bonds is 9. The van der Waals surface area contributed by atoms with E-state index in [9.17, 15) is 19.5 Å². The molecule has 1 aromatic carbocycles. The van der Waals surface area contributed by atoms with Gasteiger partial charge < -0.3 is 30.5 Å². The number of aromatic nitrogens is 1. The Morgan fingerprint density at radius 2 is 1.89 bits per heavy atom. The number of carbonyl (C=O) groups excluding carboxylic acids is 1. The lowest BCUT2D eigenvalue weighted by molar-refractivity contribution is -0.139. The Hall–Kier alpha value is -4.12. The monoisotopic (exact) mass is 524 g/mol. The molecule has 2 aromatic heterocycles. The van der Waals surface area contributed by atoms with Crippen LogP contribution in [0.2, 0.25) is 0 Å². The van der Waals surface area contributed by atoms with Crippen LogP contribution in [0.25, 0.3) is 10.4 Å². The van der Waals surface area contributed by atoms with Gasteiger partial charge in [-0.05, 0) is 49.6 Å². The molecular formula is C26H28N4O6S. The molecule has 1 saturated heterocycles. The molecule has 0 saturated carbocycles. The second-order valence-corrected chi connectivity index (χ2v) is 9.80. The number of carboxylic acids is 2. The molecule has 0 radical (unpaired) electrons. The van der Waals surface area contributed by atoms with Gasteiger partial charge in [-0.15, -0.1) is 11.3 Å². The maximum Gasteiger partial charge on any atom is 0.349 e. The van der Waals surface area contributed by atoms with E-state index >= 15 is 0 Å². The van der Waals surface area contributed by atoms with Crippen LogP contribution in [0.3, 0.4) is 0 Å². The molecule has 0 atom stereocenters. The maximum absolute atomic E-state index is 11.7. The van der Waals surface area contributed by atoms with Crippen molar-refractivity contribution in [2.45, 2.75) is 32.7 Å². The molecule has 1 aliphatic heterocycles. The minimum atomic E-state index is -1.17. The van der Waals surface area contributed by atoms with Crippen LogP contribution < -0.4 is 20.3 Å². The number of aromatic carboxylic acids is 1. The number of ether oxygens (including phenoxy) is 1. The fourth-order valence-electron chi connectivity index (χ4n) is 4.31. The molecule has 10 nitrogen and oxygen atoms in total. The first-order valence-corrected chi connectivity index (χ1v) is 12.6. The van der Waals surface area contributed by atoms with E-state index in [1.807, 2.05) is 36.4 Å². The number of nitrogens with one attached hydrogen (secondary N) is 2. The van der Waals surface area contributed by atoms with Gasteiger partial charge in [-0.25, -0.2) is 14.6 Å². The topological polar surface area (TPSA) is 141 Å². The third kappa shape index (κ3) is 6.36. The van der Waals surface area contributed by atoms with Crippen molar-refractivity contribution < 1.29 is 29.3 Å². The van der Waals surface area contributed by atoms with Gasteiger partial charge in [-0.2, -0.15) is 0 Å². The predicted octanol–water partition coefficient (Wildman–Crippen LogP) is 4.32. The van der Waals surface area contributed by atoms with Crippen LogP contribution in [0.5, 0.6) is 5.75 Å². The summed E-state index contributed by atoms with van der Waals surface area (Å²) >= 11 is 1.07. The summed E-state index contributed by atoms with van der Waals surface area (Å²) in [6.45, 7) is 4.26. The van der Waals surface area contributed by atoms with Crippen molar-refractivity contribution in [3.8, 4) is 16.2 Å². The molecule has 4 rings (SSSR count). The number of benzene rings is 1. The van der Waals surface area contributed by atoms with Crippen LogP contribution in [0, 0.1) is 6.92 Å². The lowest BCUT2D eigenvalue weighted by atomic mass is 10.0. The molecule has 0 bridgehead atoms. The number of pyridine rings is 1. The van der Waals surface area contributed by atoms with Crippen molar-refractivity contribution in [3.63, 3.8) is 0 Å². The molecule has 3 heterocycles. The third-order valence-corrected chi connectivity index (χ3v) is 7.32. The first kappa shape index (κ1) is 26.0. The fourth-order valence-corrected chi connectivity index (χ4v) is 5.40. The molecule has 1 fully saturated rings. The first-order valence-electron chi connectivity index (χ1n) is 11.8. The smallest absolute Gasteiger partial charge is 0.349 e. The van der Waals surface area contributed by atoms with Gasteiger partial charge in [0.2, 0.25) is 5.91 Å². The molecular weight excluding hydrogens is 496 g/mol. The number of hydrogen-bond acceptors (Lipinski definition) is 8. The van der Waals surface area contributed by atoms with Crippen molar-refractivity contribution in [2.24, 2.45) is 0 Å². The first-order chi connectivity index (χ1) is 17.7. The van der Waals surface area contributed by atoms with Crippen LogP contribution in [0.15, 0.2) is 42.6 Å². The summed E-state index contributed by atoms with van der Waals surface area (Å²) in [4.78, 5) is 41.2. The van der Waals surface area contributed by atoms with Gasteiger partial charge in [-0.1, -0.05) is 12.1 Å². The SMILES string of the molecule is CC(=O)Nc1ccc(N2CCC(Nc3cccc(-c4sc(C(=O)O)c(OCC(=O)O)c4C)c3)CC2)nc1. The Labute approximate surface area is 217 Å². The number of hydrogen-bond donors (Lipinski definition) is 4. The zero-order valence-electron chi connectivity index (χ0n) is 20.5.